The molecule has 6 heteroatoms. The Morgan fingerprint density at radius 2 is 1.42 bits per heavy atom. The summed E-state index contributed by atoms with van der Waals surface area (Å²) in [6.45, 7) is 3.33. The first-order valence-corrected chi connectivity index (χ1v) is 6.52. The standard InChI is InChI=1S/C10H20O2.C3H6O3.Na/c1-2-3-4-5-6-7-8-9-10(11)12;1-2(4)3(5)6;/h2-9H2,1H3,(H,11,12);2,4H,1H3,(H,5,6);/q;;+1/p-1. The molecule has 0 aromatic heterocycles. The predicted molar refractivity (Wildman–Crippen MR) is 66.9 cm³/mol. The molecular formula is C13H25NaO5. The van der Waals surface area contributed by atoms with Crippen LogP contribution in [-0.2, 0) is 9.59 Å². The summed E-state index contributed by atoms with van der Waals surface area (Å²) in [5.41, 5.74) is 0. The van der Waals surface area contributed by atoms with Crippen LogP contribution in [0.1, 0.15) is 65.2 Å². The number of hydrogen-bond donors (Lipinski definition) is 2. The summed E-state index contributed by atoms with van der Waals surface area (Å²) in [5.74, 6) is -2.10. The minimum absolute atomic E-state index is 0. The van der Waals surface area contributed by atoms with Gasteiger partial charge in [0.1, 0.15) is 0 Å². The molecule has 0 heterocycles. The molecule has 108 valence electrons. The Labute approximate surface area is 137 Å². The number of carbonyl (C=O) groups is 2. The minimum atomic E-state index is -1.44. The van der Waals surface area contributed by atoms with Crippen LogP contribution in [0.3, 0.4) is 0 Å². The van der Waals surface area contributed by atoms with Crippen LogP contribution in [0.15, 0.2) is 0 Å². The van der Waals surface area contributed by atoms with Gasteiger partial charge in [-0.15, -0.1) is 0 Å². The van der Waals surface area contributed by atoms with Crippen molar-refractivity contribution in [3.05, 3.63) is 0 Å². The van der Waals surface area contributed by atoms with Gasteiger partial charge in [-0.05, 0) is 13.3 Å². The second-order valence-corrected chi connectivity index (χ2v) is 4.26. The van der Waals surface area contributed by atoms with E-state index in [1.807, 2.05) is 0 Å². The first-order chi connectivity index (χ1) is 8.41. The maximum atomic E-state index is 10.1. The van der Waals surface area contributed by atoms with Gasteiger partial charge in [-0.3, -0.25) is 4.79 Å². The van der Waals surface area contributed by atoms with Crippen molar-refractivity contribution >= 4 is 11.9 Å². The van der Waals surface area contributed by atoms with Crippen LogP contribution in [0.2, 0.25) is 0 Å². The molecule has 0 saturated heterocycles. The zero-order chi connectivity index (χ0) is 14.4. The average Bonchev–Trinajstić information content (AvgIpc) is 2.28. The van der Waals surface area contributed by atoms with Crippen molar-refractivity contribution < 1.29 is 54.5 Å². The molecule has 0 fully saturated rings. The van der Waals surface area contributed by atoms with Gasteiger partial charge in [0.25, 0.3) is 0 Å². The third-order valence-corrected chi connectivity index (χ3v) is 2.34. The van der Waals surface area contributed by atoms with E-state index in [9.17, 15) is 14.7 Å². The second kappa shape index (κ2) is 17.9. The van der Waals surface area contributed by atoms with Gasteiger partial charge in [0.2, 0.25) is 0 Å². The van der Waals surface area contributed by atoms with Crippen LogP contribution in [0.25, 0.3) is 0 Å². The Balaban J connectivity index is -0.000000313. The van der Waals surface area contributed by atoms with Gasteiger partial charge >= 0.3 is 35.5 Å². The molecule has 5 nitrogen and oxygen atoms in total. The monoisotopic (exact) mass is 284 g/mol. The van der Waals surface area contributed by atoms with E-state index >= 15 is 0 Å². The van der Waals surface area contributed by atoms with Crippen molar-refractivity contribution in [3.63, 3.8) is 0 Å². The van der Waals surface area contributed by atoms with E-state index in [0.29, 0.717) is 6.42 Å². The Hall–Kier alpha value is -0.100. The quantitative estimate of drug-likeness (QED) is 0.390. The first kappa shape index (κ1) is 24.0. The van der Waals surface area contributed by atoms with Gasteiger partial charge in [-0.2, -0.15) is 0 Å². The van der Waals surface area contributed by atoms with Gasteiger partial charge in [-0.25, -0.2) is 0 Å². The summed E-state index contributed by atoms with van der Waals surface area (Å²) in [5, 5.41) is 25.7. The summed E-state index contributed by atoms with van der Waals surface area (Å²) in [6.07, 6.45) is 7.30. The average molecular weight is 284 g/mol. The summed E-state index contributed by atoms with van der Waals surface area (Å²) in [6, 6.07) is 0. The summed E-state index contributed by atoms with van der Waals surface area (Å²) >= 11 is 0. The molecule has 0 bridgehead atoms. The van der Waals surface area contributed by atoms with Crippen molar-refractivity contribution in [1.29, 1.82) is 0 Å². The molecule has 1 unspecified atom stereocenters. The van der Waals surface area contributed by atoms with Crippen LogP contribution < -0.4 is 34.7 Å². The van der Waals surface area contributed by atoms with E-state index in [1.165, 1.54) is 32.1 Å². The van der Waals surface area contributed by atoms with Gasteiger partial charge in [-0.1, -0.05) is 45.4 Å². The van der Waals surface area contributed by atoms with E-state index in [-0.39, 0.29) is 29.6 Å². The van der Waals surface area contributed by atoms with Crippen molar-refractivity contribution in [2.75, 3.05) is 0 Å². The van der Waals surface area contributed by atoms with Crippen LogP contribution in [0.4, 0.5) is 0 Å². The van der Waals surface area contributed by atoms with E-state index < -0.39 is 18.0 Å². The summed E-state index contributed by atoms with van der Waals surface area (Å²) < 4.78 is 0. The van der Waals surface area contributed by atoms with Crippen molar-refractivity contribution in [2.45, 2.75) is 71.3 Å². The zero-order valence-electron chi connectivity index (χ0n) is 12.4. The Bertz CT molecular complexity index is 219. The number of carboxylic acids is 2. The van der Waals surface area contributed by atoms with Gasteiger partial charge in [0.05, 0.1) is 12.1 Å². The van der Waals surface area contributed by atoms with Crippen molar-refractivity contribution in [1.82, 2.24) is 0 Å². The van der Waals surface area contributed by atoms with Crippen LogP contribution >= 0.6 is 0 Å². The summed E-state index contributed by atoms with van der Waals surface area (Å²) in [4.78, 5) is 19.5. The van der Waals surface area contributed by atoms with E-state index in [1.54, 1.807) is 0 Å². The molecule has 19 heavy (non-hydrogen) atoms. The third kappa shape index (κ3) is 27.2. The van der Waals surface area contributed by atoms with E-state index in [4.69, 9.17) is 10.2 Å². The van der Waals surface area contributed by atoms with Gasteiger partial charge in [0.15, 0.2) is 0 Å². The van der Waals surface area contributed by atoms with E-state index in [0.717, 1.165) is 19.8 Å². The maximum absolute atomic E-state index is 10.1. The molecule has 0 saturated carbocycles. The number of rotatable bonds is 9. The second-order valence-electron chi connectivity index (χ2n) is 4.26. The Morgan fingerprint density at radius 3 is 1.74 bits per heavy atom. The summed E-state index contributed by atoms with van der Waals surface area (Å²) in [7, 11) is 0. The molecule has 0 radical (unpaired) electrons. The first-order valence-electron chi connectivity index (χ1n) is 6.52. The Morgan fingerprint density at radius 1 is 1.05 bits per heavy atom. The fourth-order valence-electron chi connectivity index (χ4n) is 1.23. The number of aliphatic hydroxyl groups is 1. The molecule has 0 aromatic rings. The number of hydrogen-bond acceptors (Lipinski definition) is 4. The predicted octanol–water partition coefficient (Wildman–Crippen LogP) is -1.67. The van der Waals surface area contributed by atoms with Crippen molar-refractivity contribution in [3.8, 4) is 0 Å². The molecule has 0 aliphatic rings. The van der Waals surface area contributed by atoms with Crippen LogP contribution in [0.5, 0.6) is 0 Å². The Kier molecular flexibility index (Phi) is 22.6. The number of aliphatic hydroxyl groups excluding tert-OH is 1. The molecule has 0 rings (SSSR count). The maximum Gasteiger partial charge on any atom is 1.00 e. The zero-order valence-corrected chi connectivity index (χ0v) is 14.4. The smallest absolute Gasteiger partial charge is 0.547 e. The molecule has 2 N–H and O–H groups in total. The number of carboxylic acid groups (broad SMARTS) is 2. The van der Waals surface area contributed by atoms with Gasteiger partial charge in [0, 0.05) is 6.42 Å². The van der Waals surface area contributed by atoms with Crippen LogP contribution in [0, 0.1) is 0 Å². The molecule has 0 aromatic carbocycles. The molecular weight excluding hydrogens is 259 g/mol. The fraction of sp³-hybridized carbons (Fsp3) is 0.846. The largest absolute Gasteiger partial charge is 1.00 e. The third-order valence-electron chi connectivity index (χ3n) is 2.34. The van der Waals surface area contributed by atoms with Crippen LogP contribution in [-0.4, -0.2) is 28.3 Å². The van der Waals surface area contributed by atoms with Crippen molar-refractivity contribution in [2.24, 2.45) is 0 Å². The minimum Gasteiger partial charge on any atom is -0.547 e. The molecule has 0 spiro atoms. The number of carbonyl (C=O) groups excluding carboxylic acids is 1. The SMILES string of the molecule is CC(O)C(=O)[O-].CCCCCCCCCC(=O)O.[Na+]. The number of aliphatic carboxylic acids is 2. The number of unbranched alkanes of at least 4 members (excludes halogenated alkanes) is 6. The molecule has 0 aliphatic carbocycles. The molecule has 1 atom stereocenters. The normalized spacial score (nSPS) is 10.7. The van der Waals surface area contributed by atoms with E-state index in [2.05, 4.69) is 6.92 Å². The van der Waals surface area contributed by atoms with Gasteiger partial charge < -0.3 is 20.1 Å². The molecule has 0 aliphatic heterocycles. The topological polar surface area (TPSA) is 97.7 Å². The fourth-order valence-corrected chi connectivity index (χ4v) is 1.23. The molecule has 0 amide bonds.